The molecule has 1 heterocycles. The molecule has 1 aromatic heterocycles. The number of hydrogen-bond acceptors (Lipinski definition) is 4. The van der Waals surface area contributed by atoms with Gasteiger partial charge in [0.15, 0.2) is 0 Å². The number of nitrogens with zero attached hydrogens (tertiary/aromatic N) is 1. The fraction of sp³-hybridized carbons (Fsp3) is 0.296. The number of phenolic OH excluding ortho intramolecular Hbond substituents is 1. The first-order valence-corrected chi connectivity index (χ1v) is 11.5. The highest BCUT2D eigenvalue weighted by molar-refractivity contribution is 6.09. The molecule has 0 fully saturated rings. The average Bonchev–Trinajstić information content (AvgIpc) is 2.83. The Balaban J connectivity index is 1.69. The molecule has 6 heteroatoms. The van der Waals surface area contributed by atoms with Crippen molar-refractivity contribution in [2.24, 2.45) is 0 Å². The van der Waals surface area contributed by atoms with Crippen molar-refractivity contribution in [1.82, 2.24) is 15.6 Å². The molecule has 33 heavy (non-hydrogen) atoms. The number of benzene rings is 2. The molecular formula is C27H29N3O3. The fourth-order valence-corrected chi connectivity index (χ4v) is 4.22. The SMILES string of the molecule is CCCCNC(=O)CNC(=O)c1c2c(nc3ccccc13)/C(=C/c1ccc(O)cc1)CCC2. The van der Waals surface area contributed by atoms with E-state index in [1.165, 1.54) is 0 Å². The number of allylic oxidation sites excluding steroid dienone is 1. The minimum absolute atomic E-state index is 0.0514. The zero-order valence-electron chi connectivity index (χ0n) is 18.9. The number of aromatic hydroxyl groups is 1. The second-order valence-electron chi connectivity index (χ2n) is 8.33. The topological polar surface area (TPSA) is 91.3 Å². The number of fused-ring (bicyclic) bond motifs is 2. The van der Waals surface area contributed by atoms with E-state index in [4.69, 9.17) is 4.98 Å². The van der Waals surface area contributed by atoms with Crippen molar-refractivity contribution in [1.29, 1.82) is 0 Å². The third-order valence-corrected chi connectivity index (χ3v) is 5.89. The highest BCUT2D eigenvalue weighted by atomic mass is 16.3. The van der Waals surface area contributed by atoms with Crippen LogP contribution in [-0.4, -0.2) is 35.0 Å². The first-order valence-electron chi connectivity index (χ1n) is 11.5. The molecule has 1 aliphatic rings. The maximum Gasteiger partial charge on any atom is 0.252 e. The lowest BCUT2D eigenvalue weighted by Crippen LogP contribution is -2.37. The summed E-state index contributed by atoms with van der Waals surface area (Å²) in [6.45, 7) is 2.63. The second-order valence-corrected chi connectivity index (χ2v) is 8.33. The number of rotatable bonds is 7. The third kappa shape index (κ3) is 5.22. The molecule has 3 aromatic rings. The summed E-state index contributed by atoms with van der Waals surface area (Å²) in [5.41, 5.74) is 5.17. The van der Waals surface area contributed by atoms with Crippen LogP contribution < -0.4 is 10.6 Å². The van der Waals surface area contributed by atoms with Gasteiger partial charge in [-0.3, -0.25) is 9.59 Å². The zero-order valence-corrected chi connectivity index (χ0v) is 18.9. The minimum Gasteiger partial charge on any atom is -0.508 e. The molecule has 1 aliphatic carbocycles. The molecule has 0 saturated heterocycles. The molecule has 3 N–H and O–H groups in total. The lowest BCUT2D eigenvalue weighted by Gasteiger charge is -2.23. The number of carbonyl (C=O) groups is 2. The molecule has 0 radical (unpaired) electrons. The molecule has 0 unspecified atom stereocenters. The van der Waals surface area contributed by atoms with Crippen molar-refractivity contribution in [2.45, 2.75) is 39.0 Å². The Hall–Kier alpha value is -3.67. The van der Waals surface area contributed by atoms with Gasteiger partial charge in [-0.2, -0.15) is 0 Å². The minimum atomic E-state index is -0.249. The van der Waals surface area contributed by atoms with Crippen molar-refractivity contribution in [3.05, 3.63) is 70.9 Å². The van der Waals surface area contributed by atoms with Crippen LogP contribution in [0.2, 0.25) is 0 Å². The molecule has 0 aliphatic heterocycles. The monoisotopic (exact) mass is 443 g/mol. The van der Waals surface area contributed by atoms with Gasteiger partial charge in [0.25, 0.3) is 5.91 Å². The van der Waals surface area contributed by atoms with Crippen LogP contribution >= 0.6 is 0 Å². The summed E-state index contributed by atoms with van der Waals surface area (Å²) >= 11 is 0. The summed E-state index contributed by atoms with van der Waals surface area (Å²) in [5.74, 6) is -0.207. The normalized spacial score (nSPS) is 14.2. The molecule has 0 saturated carbocycles. The molecule has 6 nitrogen and oxygen atoms in total. The smallest absolute Gasteiger partial charge is 0.252 e. The van der Waals surface area contributed by atoms with Crippen LogP contribution in [0.25, 0.3) is 22.6 Å². The van der Waals surface area contributed by atoms with E-state index in [0.29, 0.717) is 12.1 Å². The maximum absolute atomic E-state index is 13.3. The summed E-state index contributed by atoms with van der Waals surface area (Å²) in [5, 5.41) is 16.0. The highest BCUT2D eigenvalue weighted by Gasteiger charge is 2.25. The lowest BCUT2D eigenvalue weighted by atomic mass is 9.85. The summed E-state index contributed by atoms with van der Waals surface area (Å²) in [4.78, 5) is 30.3. The summed E-state index contributed by atoms with van der Waals surface area (Å²) in [6.07, 6.45) is 6.52. The van der Waals surface area contributed by atoms with E-state index in [9.17, 15) is 14.7 Å². The predicted molar refractivity (Wildman–Crippen MR) is 131 cm³/mol. The molecule has 0 spiro atoms. The Kier molecular flexibility index (Phi) is 7.03. The summed E-state index contributed by atoms with van der Waals surface area (Å²) in [6, 6.07) is 14.7. The van der Waals surface area contributed by atoms with Gasteiger partial charge >= 0.3 is 0 Å². The Morgan fingerprint density at radius 2 is 1.85 bits per heavy atom. The molecule has 4 rings (SSSR count). The van der Waals surface area contributed by atoms with Gasteiger partial charge < -0.3 is 15.7 Å². The van der Waals surface area contributed by atoms with E-state index >= 15 is 0 Å². The van der Waals surface area contributed by atoms with Crippen molar-refractivity contribution >= 4 is 34.4 Å². The highest BCUT2D eigenvalue weighted by Crippen LogP contribution is 2.36. The number of nitrogens with one attached hydrogen (secondary N) is 2. The van der Waals surface area contributed by atoms with E-state index in [-0.39, 0.29) is 24.1 Å². The third-order valence-electron chi connectivity index (χ3n) is 5.89. The molecule has 170 valence electrons. The number of unbranched alkanes of at least 4 members (excludes halogenated alkanes) is 1. The van der Waals surface area contributed by atoms with Gasteiger partial charge in [-0.1, -0.05) is 43.7 Å². The van der Waals surface area contributed by atoms with E-state index < -0.39 is 0 Å². The zero-order chi connectivity index (χ0) is 23.2. The predicted octanol–water partition coefficient (Wildman–Crippen LogP) is 4.46. The van der Waals surface area contributed by atoms with Crippen molar-refractivity contribution < 1.29 is 14.7 Å². The first kappa shape index (κ1) is 22.5. The molecular weight excluding hydrogens is 414 g/mol. The molecule has 0 atom stereocenters. The second kappa shape index (κ2) is 10.3. The van der Waals surface area contributed by atoms with Gasteiger partial charge in [0, 0.05) is 11.9 Å². The van der Waals surface area contributed by atoms with Crippen LogP contribution in [0.5, 0.6) is 5.75 Å². The maximum atomic E-state index is 13.3. The molecule has 0 bridgehead atoms. The number of amides is 2. The van der Waals surface area contributed by atoms with Crippen LogP contribution in [-0.2, 0) is 11.2 Å². The van der Waals surface area contributed by atoms with Crippen LogP contribution in [0.3, 0.4) is 0 Å². The van der Waals surface area contributed by atoms with Gasteiger partial charge in [0.05, 0.1) is 23.3 Å². The Labute approximate surface area is 193 Å². The van der Waals surface area contributed by atoms with E-state index in [1.54, 1.807) is 12.1 Å². The van der Waals surface area contributed by atoms with Crippen LogP contribution in [0, 0.1) is 0 Å². The largest absolute Gasteiger partial charge is 0.508 e. The number of pyridine rings is 1. The van der Waals surface area contributed by atoms with Gasteiger partial charge in [-0.25, -0.2) is 4.98 Å². The quantitative estimate of drug-likeness (QED) is 0.470. The van der Waals surface area contributed by atoms with E-state index in [1.807, 2.05) is 36.4 Å². The number of phenols is 1. The summed E-state index contributed by atoms with van der Waals surface area (Å²) < 4.78 is 0. The number of carbonyl (C=O) groups excluding carboxylic acids is 2. The first-order chi connectivity index (χ1) is 16.1. The van der Waals surface area contributed by atoms with Gasteiger partial charge in [0.1, 0.15) is 5.75 Å². The van der Waals surface area contributed by atoms with Gasteiger partial charge in [-0.05, 0) is 66.7 Å². The van der Waals surface area contributed by atoms with Crippen molar-refractivity contribution in [3.63, 3.8) is 0 Å². The lowest BCUT2D eigenvalue weighted by molar-refractivity contribution is -0.120. The van der Waals surface area contributed by atoms with Crippen LogP contribution in [0.1, 0.15) is 59.8 Å². The van der Waals surface area contributed by atoms with Crippen LogP contribution in [0.4, 0.5) is 0 Å². The number of hydrogen-bond donors (Lipinski definition) is 3. The van der Waals surface area contributed by atoms with Gasteiger partial charge in [0.2, 0.25) is 5.91 Å². The van der Waals surface area contributed by atoms with Crippen LogP contribution in [0.15, 0.2) is 48.5 Å². The van der Waals surface area contributed by atoms with Crippen molar-refractivity contribution in [3.8, 4) is 5.75 Å². The van der Waals surface area contributed by atoms with E-state index in [2.05, 4.69) is 23.6 Å². The standard InChI is InChI=1S/C27H29N3O3/c1-2-3-15-28-24(32)17-29-27(33)25-21-8-4-5-10-23(21)30-26-19(7-6-9-22(25)26)16-18-11-13-20(31)14-12-18/h4-5,8,10-14,16,31H,2-3,6-7,9,15,17H2,1H3,(H,28,32)(H,29,33)/b19-16+. The fourth-order valence-electron chi connectivity index (χ4n) is 4.22. The van der Waals surface area contributed by atoms with Gasteiger partial charge in [-0.15, -0.1) is 0 Å². The molecule has 2 aromatic carbocycles. The number of para-hydroxylation sites is 1. The van der Waals surface area contributed by atoms with E-state index in [0.717, 1.165) is 65.4 Å². The van der Waals surface area contributed by atoms with Crippen molar-refractivity contribution in [2.75, 3.05) is 13.1 Å². The number of aromatic nitrogens is 1. The Bertz CT molecular complexity index is 1200. The Morgan fingerprint density at radius 1 is 1.06 bits per heavy atom. The summed E-state index contributed by atoms with van der Waals surface area (Å²) in [7, 11) is 0. The molecule has 2 amide bonds. The average molecular weight is 444 g/mol. The Morgan fingerprint density at radius 3 is 2.64 bits per heavy atom.